The Morgan fingerprint density at radius 2 is 0.878 bits per heavy atom. The summed E-state index contributed by atoms with van der Waals surface area (Å²) in [7, 11) is 0. The van der Waals surface area contributed by atoms with Crippen molar-refractivity contribution in [2.24, 2.45) is 20.5 Å². The van der Waals surface area contributed by atoms with Crippen LogP contribution in [0.2, 0.25) is 0 Å². The molecular weight excluding hydrogens is 668 g/mol. The molecule has 243 valence electrons. The van der Waals surface area contributed by atoms with Gasteiger partial charge in [-0.05, 0) is 36.4 Å². The quantitative estimate of drug-likeness (QED) is 0.214. The van der Waals surface area contributed by atoms with Gasteiger partial charge in [-0.1, -0.05) is 86.6 Å². The molecule has 0 aliphatic heterocycles. The number of aryl methyl sites for hydroxylation is 2. The molecule has 0 amide bonds. The molecule has 4 aromatic carbocycles. The number of carboxylic acids is 2. The number of benzene rings is 4. The van der Waals surface area contributed by atoms with Crippen molar-refractivity contribution in [2.45, 2.75) is 13.8 Å². The zero-order chi connectivity index (χ0) is 34.2. The molecule has 49 heavy (non-hydrogen) atoms. The molecule has 0 aliphatic carbocycles. The van der Waals surface area contributed by atoms with E-state index in [1.54, 1.807) is 86.6 Å². The van der Waals surface area contributed by atoms with Crippen molar-refractivity contribution in [3.63, 3.8) is 0 Å². The van der Waals surface area contributed by atoms with Gasteiger partial charge in [0.2, 0.25) is 0 Å². The average molecular weight is 694 g/mol. The van der Waals surface area contributed by atoms with E-state index in [0.717, 1.165) is 0 Å². The third kappa shape index (κ3) is 8.11. The van der Waals surface area contributed by atoms with Crippen LogP contribution in [0.15, 0.2) is 139 Å². The Hall–Kier alpha value is -6.43. The first-order chi connectivity index (χ1) is 23.2. The Labute approximate surface area is 290 Å². The van der Waals surface area contributed by atoms with Crippen molar-refractivity contribution < 1.29 is 38.6 Å². The summed E-state index contributed by atoms with van der Waals surface area (Å²) in [4.78, 5) is 47.0. The molecule has 0 saturated carbocycles. The first-order valence-electron chi connectivity index (χ1n) is 14.2. The van der Waals surface area contributed by atoms with Gasteiger partial charge in [-0.2, -0.15) is 0 Å². The zero-order valence-corrected chi connectivity index (χ0v) is 27.1. The van der Waals surface area contributed by atoms with E-state index < -0.39 is 23.1 Å². The Balaban J connectivity index is 0.000000260. The molecule has 0 saturated heterocycles. The fraction of sp³-hybridized carbons (Fsp3) is 0.0588. The van der Waals surface area contributed by atoms with Gasteiger partial charge in [-0.15, -0.1) is 31.8 Å². The monoisotopic (exact) mass is 693 g/mol. The first-order valence-corrected chi connectivity index (χ1v) is 14.2. The van der Waals surface area contributed by atoms with Crippen LogP contribution < -0.4 is 31.5 Å². The summed E-state index contributed by atoms with van der Waals surface area (Å²) in [6.07, 6.45) is 0. The summed E-state index contributed by atoms with van der Waals surface area (Å²) < 4.78 is 2.46. The van der Waals surface area contributed by atoms with Gasteiger partial charge in [0.05, 0.1) is 23.3 Å². The summed E-state index contributed by atoms with van der Waals surface area (Å²) in [5, 5.41) is 46.0. The van der Waals surface area contributed by atoms with Gasteiger partial charge in [-0.3, -0.25) is 9.59 Å². The number of aromatic carboxylic acids is 2. The van der Waals surface area contributed by atoms with E-state index in [4.69, 9.17) is 0 Å². The van der Waals surface area contributed by atoms with Gasteiger partial charge < -0.3 is 39.4 Å². The number of nitrogens with zero attached hydrogens (tertiary/aromatic N) is 8. The molecule has 0 unspecified atom stereocenters. The molecule has 0 aliphatic rings. The normalized spacial score (nSPS) is 10.8. The van der Waals surface area contributed by atoms with Crippen LogP contribution in [-0.4, -0.2) is 21.3 Å². The maximum Gasteiger partial charge on any atom is 3.00 e. The van der Waals surface area contributed by atoms with E-state index in [0.29, 0.717) is 22.8 Å². The minimum absolute atomic E-state index is 0. The summed E-state index contributed by atoms with van der Waals surface area (Å²) in [5.41, 5.74) is 1.35. The molecule has 2 heterocycles. The van der Waals surface area contributed by atoms with Gasteiger partial charge in [-0.25, -0.2) is 0 Å². The summed E-state index contributed by atoms with van der Waals surface area (Å²) in [6.45, 7) is 3.28. The number of hydrogen-bond donors (Lipinski definition) is 0. The molecule has 0 spiro atoms. The molecular formula is C34H25CrN8O6. The fourth-order valence-corrected chi connectivity index (χ4v) is 4.39. The number of azo groups is 2. The van der Waals surface area contributed by atoms with Crippen LogP contribution in [-0.2, 0) is 17.4 Å². The van der Waals surface area contributed by atoms with Gasteiger partial charge in [0.15, 0.2) is 0 Å². The Bertz CT molecular complexity index is 2120. The van der Waals surface area contributed by atoms with Crippen molar-refractivity contribution in [1.82, 2.24) is 19.6 Å². The largest absolute Gasteiger partial charge is 3.00 e. The van der Waals surface area contributed by atoms with Crippen LogP contribution in [0, 0.1) is 13.8 Å². The van der Waals surface area contributed by atoms with Crippen LogP contribution in [0.5, 0.6) is 0 Å². The van der Waals surface area contributed by atoms with Gasteiger partial charge in [0.25, 0.3) is 11.1 Å². The number of para-hydroxylation sites is 2. The van der Waals surface area contributed by atoms with Gasteiger partial charge in [0.1, 0.15) is 11.4 Å². The molecule has 0 atom stereocenters. The minimum atomic E-state index is -1.36. The van der Waals surface area contributed by atoms with Crippen molar-refractivity contribution in [3.05, 3.63) is 152 Å². The molecule has 0 fully saturated rings. The first kappa shape index (κ1) is 35.4. The second kappa shape index (κ2) is 15.9. The van der Waals surface area contributed by atoms with Crippen molar-refractivity contribution >= 4 is 34.7 Å². The summed E-state index contributed by atoms with van der Waals surface area (Å²) in [6, 6.07) is 29.9. The Morgan fingerprint density at radius 1 is 0.551 bits per heavy atom. The molecule has 1 radical (unpaired) electrons. The second-order valence-corrected chi connectivity index (χ2v) is 9.98. The molecule has 2 aromatic heterocycles. The van der Waals surface area contributed by atoms with E-state index in [1.165, 1.54) is 33.6 Å². The third-order valence-electron chi connectivity index (χ3n) is 6.74. The molecule has 0 N–H and O–H groups in total. The number of rotatable bonds is 8. The molecule has 14 nitrogen and oxygen atoms in total. The average Bonchev–Trinajstić information content (AvgIpc) is 3.55. The second-order valence-electron chi connectivity index (χ2n) is 9.98. The van der Waals surface area contributed by atoms with E-state index in [2.05, 4.69) is 30.7 Å². The van der Waals surface area contributed by atoms with Crippen LogP contribution in [0.4, 0.5) is 22.7 Å². The predicted octanol–water partition coefficient (Wildman–Crippen LogP) is 3.87. The SMILES string of the molecule is Cc1[n-]n(-c2ccccc2)c(=O)c1N=Nc1ccccc1C(=O)[O-].Cc1[n-]n(-c2ccccc2)c(=O)c1N=Nc1ccccc1C(=O)[O-].[Cr+3].[H+]. The number of hydrogen-bond acceptors (Lipinski definition) is 10. The molecule has 0 bridgehead atoms. The molecule has 6 rings (SSSR count). The molecule has 15 heteroatoms. The van der Waals surface area contributed by atoms with E-state index in [-0.39, 0.29) is 52.7 Å². The number of carbonyl (C=O) groups excluding carboxylic acids is 2. The smallest absolute Gasteiger partial charge is 0.589 e. The maximum atomic E-state index is 12.4. The number of aromatic nitrogens is 4. The number of carbonyl (C=O) groups is 2. The van der Waals surface area contributed by atoms with Crippen LogP contribution in [0.1, 0.15) is 33.5 Å². The van der Waals surface area contributed by atoms with Gasteiger partial charge in [0, 0.05) is 22.5 Å². The number of carboxylic acid groups (broad SMARTS) is 2. The Kier molecular flexibility index (Phi) is 11.5. The molecule has 6 aromatic rings. The maximum absolute atomic E-state index is 12.4. The Morgan fingerprint density at radius 3 is 1.22 bits per heavy atom. The zero-order valence-electron chi connectivity index (χ0n) is 26.8. The van der Waals surface area contributed by atoms with Crippen LogP contribution in [0.25, 0.3) is 11.4 Å². The van der Waals surface area contributed by atoms with Crippen molar-refractivity contribution in [3.8, 4) is 11.4 Å². The van der Waals surface area contributed by atoms with Crippen molar-refractivity contribution in [2.75, 3.05) is 0 Å². The fourth-order valence-electron chi connectivity index (χ4n) is 4.39. The minimum Gasteiger partial charge on any atom is -0.589 e. The van der Waals surface area contributed by atoms with Gasteiger partial charge >= 0.3 is 18.8 Å². The van der Waals surface area contributed by atoms with Crippen LogP contribution in [0.3, 0.4) is 0 Å². The summed E-state index contributed by atoms with van der Waals surface area (Å²) >= 11 is 0. The van der Waals surface area contributed by atoms with Crippen molar-refractivity contribution in [1.29, 1.82) is 0 Å². The van der Waals surface area contributed by atoms with E-state index in [1.807, 2.05) is 12.1 Å². The predicted molar refractivity (Wildman–Crippen MR) is 171 cm³/mol. The topological polar surface area (TPSA) is 202 Å². The standard InChI is InChI=1S/2C17H14N4O3.Cr/c2*1-11-15(16(22)21(20-11)12-7-3-2-4-8-12)19-18-14-10-6-5-9-13(14)17(23)24;/h2*2-10H,1H3,(H2,18,20,22,23,24);/q;;+3/p-3. The van der Waals surface area contributed by atoms with Crippen LogP contribution >= 0.6 is 0 Å². The van der Waals surface area contributed by atoms with E-state index in [9.17, 15) is 29.4 Å². The summed E-state index contributed by atoms with van der Waals surface area (Å²) in [5.74, 6) is -2.72. The van der Waals surface area contributed by atoms with E-state index >= 15 is 0 Å². The third-order valence-corrected chi connectivity index (χ3v) is 6.74.